The van der Waals surface area contributed by atoms with Gasteiger partial charge in [-0.25, -0.2) is 4.39 Å². The summed E-state index contributed by atoms with van der Waals surface area (Å²) in [6.07, 6.45) is 1.25. The van der Waals surface area contributed by atoms with Gasteiger partial charge in [-0.15, -0.1) is 11.8 Å². The Hall–Kier alpha value is -2.34. The van der Waals surface area contributed by atoms with Crippen molar-refractivity contribution in [2.75, 3.05) is 18.9 Å². The number of carbonyl (C=O) groups is 1. The van der Waals surface area contributed by atoms with Crippen LogP contribution in [0, 0.1) is 12.7 Å². The van der Waals surface area contributed by atoms with E-state index in [0.717, 1.165) is 5.75 Å². The van der Waals surface area contributed by atoms with Gasteiger partial charge in [0.1, 0.15) is 5.82 Å². The van der Waals surface area contributed by atoms with Gasteiger partial charge in [0, 0.05) is 22.8 Å². The van der Waals surface area contributed by atoms with Gasteiger partial charge in [-0.05, 0) is 25.1 Å². The number of nitrogens with zero attached hydrogens (tertiary/aromatic N) is 1. The fraction of sp³-hybridized carbons (Fsp3) is 0.222. The van der Waals surface area contributed by atoms with E-state index in [1.54, 1.807) is 30.0 Å². The second-order valence-corrected chi connectivity index (χ2v) is 6.21. The number of hydrogen-bond acceptors (Lipinski definition) is 4. The molecule has 0 heterocycles. The van der Waals surface area contributed by atoms with Crippen LogP contribution in [0.25, 0.3) is 0 Å². The van der Waals surface area contributed by atoms with Gasteiger partial charge in [0.2, 0.25) is 0 Å². The SMILES string of the molecule is Cc1ccc(SCCNC(=O)CO/N=C\c2ccccc2F)cc1. The molecule has 0 bridgehead atoms. The highest BCUT2D eigenvalue weighted by Crippen LogP contribution is 2.17. The molecule has 0 unspecified atom stereocenters. The van der Waals surface area contributed by atoms with E-state index in [1.807, 2.05) is 6.92 Å². The van der Waals surface area contributed by atoms with Crippen molar-refractivity contribution in [3.8, 4) is 0 Å². The first-order valence-corrected chi connectivity index (χ1v) is 8.50. The number of carbonyl (C=O) groups excluding carboxylic acids is 1. The monoisotopic (exact) mass is 346 g/mol. The Balaban J connectivity index is 1.60. The Morgan fingerprint density at radius 3 is 2.75 bits per heavy atom. The molecule has 24 heavy (non-hydrogen) atoms. The van der Waals surface area contributed by atoms with Crippen LogP contribution in [0.2, 0.25) is 0 Å². The van der Waals surface area contributed by atoms with Crippen LogP contribution >= 0.6 is 11.8 Å². The van der Waals surface area contributed by atoms with E-state index < -0.39 is 0 Å². The molecule has 0 aliphatic carbocycles. The quantitative estimate of drug-likeness (QED) is 0.345. The van der Waals surface area contributed by atoms with Gasteiger partial charge in [0.05, 0.1) is 6.21 Å². The Kier molecular flexibility index (Phi) is 7.29. The number of thioether (sulfide) groups is 1. The average molecular weight is 346 g/mol. The first kappa shape index (κ1) is 18.0. The number of halogens is 1. The first-order chi connectivity index (χ1) is 11.6. The molecule has 0 atom stereocenters. The standard InChI is InChI=1S/C18H19FN2O2S/c1-14-6-8-16(9-7-14)24-11-10-20-18(22)13-23-21-12-15-4-2-3-5-17(15)19/h2-9,12H,10-11,13H2,1H3,(H,20,22)/b21-12-. The Morgan fingerprint density at radius 2 is 2.00 bits per heavy atom. The van der Waals surface area contributed by atoms with Gasteiger partial charge in [-0.2, -0.15) is 0 Å². The minimum Gasteiger partial charge on any atom is -0.386 e. The molecule has 0 radical (unpaired) electrons. The third-order valence-electron chi connectivity index (χ3n) is 3.08. The van der Waals surface area contributed by atoms with Crippen molar-refractivity contribution in [2.24, 2.45) is 5.16 Å². The number of benzene rings is 2. The van der Waals surface area contributed by atoms with Gasteiger partial charge in [0.15, 0.2) is 6.61 Å². The lowest BCUT2D eigenvalue weighted by Crippen LogP contribution is -2.28. The zero-order valence-corrected chi connectivity index (χ0v) is 14.2. The van der Waals surface area contributed by atoms with Crippen molar-refractivity contribution in [1.29, 1.82) is 0 Å². The minimum absolute atomic E-state index is 0.194. The van der Waals surface area contributed by atoms with Crippen molar-refractivity contribution in [2.45, 2.75) is 11.8 Å². The maximum atomic E-state index is 13.3. The van der Waals surface area contributed by atoms with E-state index in [2.05, 4.69) is 34.7 Å². The summed E-state index contributed by atoms with van der Waals surface area (Å²) in [6.45, 7) is 2.39. The summed E-state index contributed by atoms with van der Waals surface area (Å²) in [5, 5.41) is 6.34. The van der Waals surface area contributed by atoms with Crippen molar-refractivity contribution >= 4 is 23.9 Å². The van der Waals surface area contributed by atoms with Crippen molar-refractivity contribution in [3.63, 3.8) is 0 Å². The fourth-order valence-electron chi connectivity index (χ4n) is 1.81. The summed E-state index contributed by atoms with van der Waals surface area (Å²) in [7, 11) is 0. The van der Waals surface area contributed by atoms with Crippen LogP contribution in [0.3, 0.4) is 0 Å². The highest BCUT2D eigenvalue weighted by atomic mass is 32.2. The molecule has 0 fully saturated rings. The molecule has 2 aromatic carbocycles. The Bertz CT molecular complexity index is 690. The number of amides is 1. The third-order valence-corrected chi connectivity index (χ3v) is 4.09. The summed E-state index contributed by atoms with van der Waals surface area (Å²) in [4.78, 5) is 17.6. The van der Waals surface area contributed by atoms with E-state index in [0.29, 0.717) is 12.1 Å². The zero-order valence-electron chi connectivity index (χ0n) is 13.4. The van der Waals surface area contributed by atoms with Crippen LogP contribution < -0.4 is 5.32 Å². The number of oxime groups is 1. The molecular weight excluding hydrogens is 327 g/mol. The maximum absolute atomic E-state index is 13.3. The average Bonchev–Trinajstić information content (AvgIpc) is 2.58. The lowest BCUT2D eigenvalue weighted by molar-refractivity contribution is -0.125. The van der Waals surface area contributed by atoms with Crippen LogP contribution in [0.4, 0.5) is 4.39 Å². The molecule has 0 aromatic heterocycles. The van der Waals surface area contributed by atoms with E-state index in [9.17, 15) is 9.18 Å². The van der Waals surface area contributed by atoms with Gasteiger partial charge < -0.3 is 10.2 Å². The van der Waals surface area contributed by atoms with Gasteiger partial charge >= 0.3 is 0 Å². The van der Waals surface area contributed by atoms with Crippen LogP contribution in [0.5, 0.6) is 0 Å². The Labute approximate surface area is 145 Å². The molecule has 0 saturated carbocycles. The normalized spacial score (nSPS) is 10.8. The maximum Gasteiger partial charge on any atom is 0.260 e. The van der Waals surface area contributed by atoms with Crippen LogP contribution in [0.1, 0.15) is 11.1 Å². The predicted molar refractivity (Wildman–Crippen MR) is 94.9 cm³/mol. The largest absolute Gasteiger partial charge is 0.386 e. The highest BCUT2D eigenvalue weighted by Gasteiger charge is 2.01. The van der Waals surface area contributed by atoms with E-state index in [4.69, 9.17) is 4.84 Å². The second-order valence-electron chi connectivity index (χ2n) is 5.04. The number of rotatable bonds is 8. The summed E-state index contributed by atoms with van der Waals surface area (Å²) < 4.78 is 13.3. The molecule has 2 aromatic rings. The van der Waals surface area contributed by atoms with Crippen molar-refractivity contribution < 1.29 is 14.0 Å². The Morgan fingerprint density at radius 1 is 1.25 bits per heavy atom. The third kappa shape index (κ3) is 6.42. The van der Waals surface area contributed by atoms with Crippen LogP contribution in [-0.2, 0) is 9.63 Å². The fourth-order valence-corrected chi connectivity index (χ4v) is 2.58. The highest BCUT2D eigenvalue weighted by molar-refractivity contribution is 7.99. The number of aryl methyl sites for hydroxylation is 1. The minimum atomic E-state index is -0.387. The molecule has 1 N–H and O–H groups in total. The molecular formula is C18H19FN2O2S. The van der Waals surface area contributed by atoms with E-state index in [-0.39, 0.29) is 18.3 Å². The summed E-state index contributed by atoms with van der Waals surface area (Å²) in [6, 6.07) is 14.4. The van der Waals surface area contributed by atoms with Gasteiger partial charge in [-0.3, -0.25) is 4.79 Å². The number of hydrogen-bond donors (Lipinski definition) is 1. The number of nitrogens with one attached hydrogen (secondary N) is 1. The van der Waals surface area contributed by atoms with Crippen molar-refractivity contribution in [1.82, 2.24) is 5.32 Å². The van der Waals surface area contributed by atoms with E-state index >= 15 is 0 Å². The molecule has 6 heteroatoms. The summed E-state index contributed by atoms with van der Waals surface area (Å²) in [5.74, 6) is 0.125. The molecule has 0 aliphatic rings. The lowest BCUT2D eigenvalue weighted by atomic mass is 10.2. The second kappa shape index (κ2) is 9.72. The van der Waals surface area contributed by atoms with Crippen LogP contribution in [-0.4, -0.2) is 31.0 Å². The smallest absolute Gasteiger partial charge is 0.260 e. The molecule has 4 nitrogen and oxygen atoms in total. The predicted octanol–water partition coefficient (Wildman–Crippen LogP) is 3.39. The molecule has 0 saturated heterocycles. The van der Waals surface area contributed by atoms with Crippen LogP contribution in [0.15, 0.2) is 58.6 Å². The molecule has 2 rings (SSSR count). The lowest BCUT2D eigenvalue weighted by Gasteiger charge is -2.05. The zero-order chi connectivity index (χ0) is 17.2. The first-order valence-electron chi connectivity index (χ1n) is 7.51. The van der Waals surface area contributed by atoms with Gasteiger partial charge in [0.25, 0.3) is 5.91 Å². The summed E-state index contributed by atoms with van der Waals surface area (Å²) in [5.41, 5.74) is 1.54. The molecule has 0 spiro atoms. The molecule has 0 aliphatic heterocycles. The molecule has 126 valence electrons. The summed E-state index contributed by atoms with van der Waals surface area (Å²) >= 11 is 1.67. The van der Waals surface area contributed by atoms with Crippen molar-refractivity contribution in [3.05, 3.63) is 65.5 Å². The molecule has 1 amide bonds. The van der Waals surface area contributed by atoms with E-state index in [1.165, 1.54) is 22.7 Å². The van der Waals surface area contributed by atoms with Gasteiger partial charge in [-0.1, -0.05) is 41.1 Å². The topological polar surface area (TPSA) is 50.7 Å².